The van der Waals surface area contributed by atoms with Gasteiger partial charge in [0.1, 0.15) is 5.82 Å². The zero-order valence-corrected chi connectivity index (χ0v) is 9.71. The lowest BCUT2D eigenvalue weighted by Gasteiger charge is -2.39. The van der Waals surface area contributed by atoms with E-state index in [4.69, 9.17) is 10.8 Å². The van der Waals surface area contributed by atoms with E-state index in [9.17, 15) is 4.79 Å². The van der Waals surface area contributed by atoms with Crippen molar-refractivity contribution in [2.45, 2.75) is 13.0 Å². The number of nitrogens with zero attached hydrogens (tertiary/aromatic N) is 3. The normalized spacial score (nSPS) is 20.4. The van der Waals surface area contributed by atoms with Gasteiger partial charge in [-0.2, -0.15) is 0 Å². The highest BCUT2D eigenvalue weighted by Gasteiger charge is 2.26. The van der Waals surface area contributed by atoms with E-state index in [2.05, 4.69) is 9.88 Å². The molecule has 17 heavy (non-hydrogen) atoms. The molecule has 6 heteroatoms. The van der Waals surface area contributed by atoms with E-state index in [0.717, 1.165) is 5.69 Å². The average molecular weight is 236 g/mol. The quantitative estimate of drug-likeness (QED) is 0.755. The summed E-state index contributed by atoms with van der Waals surface area (Å²) in [6.45, 7) is 3.72. The molecule has 1 aromatic rings. The van der Waals surface area contributed by atoms with Crippen molar-refractivity contribution in [2.24, 2.45) is 0 Å². The smallest absolute Gasteiger partial charge is 0.407 e. The lowest BCUT2D eigenvalue weighted by molar-refractivity contribution is 0.136. The Hall–Kier alpha value is -1.98. The highest BCUT2D eigenvalue weighted by molar-refractivity contribution is 5.65. The third-order valence-electron chi connectivity index (χ3n) is 3.00. The number of nitrogen functional groups attached to an aromatic ring is 1. The van der Waals surface area contributed by atoms with E-state index in [1.807, 2.05) is 13.0 Å². The molecule has 0 aliphatic carbocycles. The van der Waals surface area contributed by atoms with Gasteiger partial charge >= 0.3 is 6.09 Å². The van der Waals surface area contributed by atoms with Crippen molar-refractivity contribution < 1.29 is 9.90 Å². The summed E-state index contributed by atoms with van der Waals surface area (Å²) in [5.41, 5.74) is 6.52. The molecule has 1 saturated heterocycles. The second-order valence-electron chi connectivity index (χ2n) is 4.21. The SMILES string of the molecule is C[C@H]1CN(C(=O)O)CCN1c1ccc(N)nc1. The van der Waals surface area contributed by atoms with Gasteiger partial charge in [0.25, 0.3) is 0 Å². The van der Waals surface area contributed by atoms with Crippen molar-refractivity contribution in [3.05, 3.63) is 18.3 Å². The largest absolute Gasteiger partial charge is 0.465 e. The van der Waals surface area contributed by atoms with Crippen molar-refractivity contribution >= 4 is 17.6 Å². The predicted octanol–water partition coefficient (Wildman–Crippen LogP) is 0.852. The number of carboxylic acid groups (broad SMARTS) is 1. The first kappa shape index (κ1) is 11.5. The minimum absolute atomic E-state index is 0.144. The van der Waals surface area contributed by atoms with E-state index in [1.54, 1.807) is 12.3 Å². The van der Waals surface area contributed by atoms with Gasteiger partial charge in [0.05, 0.1) is 11.9 Å². The lowest BCUT2D eigenvalue weighted by Crippen LogP contribution is -2.53. The fourth-order valence-corrected chi connectivity index (χ4v) is 2.08. The summed E-state index contributed by atoms with van der Waals surface area (Å²) in [5.74, 6) is 0.491. The van der Waals surface area contributed by atoms with Crippen molar-refractivity contribution in [1.82, 2.24) is 9.88 Å². The zero-order chi connectivity index (χ0) is 12.4. The van der Waals surface area contributed by atoms with Crippen LogP contribution in [0.3, 0.4) is 0 Å². The highest BCUT2D eigenvalue weighted by atomic mass is 16.4. The minimum atomic E-state index is -0.855. The molecule has 0 aromatic carbocycles. The number of amides is 1. The van der Waals surface area contributed by atoms with Gasteiger partial charge in [0.2, 0.25) is 0 Å². The Morgan fingerprint density at radius 2 is 2.29 bits per heavy atom. The second kappa shape index (κ2) is 4.48. The first-order valence-corrected chi connectivity index (χ1v) is 5.54. The third-order valence-corrected chi connectivity index (χ3v) is 3.00. The Labute approximate surface area is 99.7 Å². The molecule has 0 bridgehead atoms. The van der Waals surface area contributed by atoms with E-state index < -0.39 is 6.09 Å². The van der Waals surface area contributed by atoms with Gasteiger partial charge in [-0.3, -0.25) is 0 Å². The summed E-state index contributed by atoms with van der Waals surface area (Å²) in [6.07, 6.45) is 0.870. The fraction of sp³-hybridized carbons (Fsp3) is 0.455. The van der Waals surface area contributed by atoms with Gasteiger partial charge in [0, 0.05) is 25.7 Å². The van der Waals surface area contributed by atoms with Crippen LogP contribution in [0, 0.1) is 0 Å². The Kier molecular flexibility index (Phi) is 3.03. The number of nitrogens with two attached hydrogens (primary N) is 1. The van der Waals surface area contributed by atoms with Gasteiger partial charge in [-0.25, -0.2) is 9.78 Å². The molecule has 0 spiro atoms. The Bertz CT molecular complexity index is 406. The molecule has 2 heterocycles. The number of aromatic nitrogens is 1. The van der Waals surface area contributed by atoms with Crippen LogP contribution in [0.1, 0.15) is 6.92 Å². The molecule has 1 fully saturated rings. The molecule has 6 nitrogen and oxygen atoms in total. The van der Waals surface area contributed by atoms with Gasteiger partial charge in [-0.05, 0) is 19.1 Å². The summed E-state index contributed by atoms with van der Waals surface area (Å²) in [6, 6.07) is 3.81. The van der Waals surface area contributed by atoms with Gasteiger partial charge in [0.15, 0.2) is 0 Å². The maximum absolute atomic E-state index is 10.9. The third kappa shape index (κ3) is 2.41. The molecule has 1 aromatic heterocycles. The molecule has 2 rings (SSSR count). The summed E-state index contributed by atoms with van der Waals surface area (Å²) in [4.78, 5) is 18.5. The maximum atomic E-state index is 10.9. The fourth-order valence-electron chi connectivity index (χ4n) is 2.08. The molecule has 1 atom stereocenters. The van der Waals surface area contributed by atoms with Gasteiger partial charge in [-0.15, -0.1) is 0 Å². The first-order valence-electron chi connectivity index (χ1n) is 5.54. The van der Waals surface area contributed by atoms with Crippen LogP contribution in [0.25, 0.3) is 0 Å². The van der Waals surface area contributed by atoms with Crippen LogP contribution in [0.4, 0.5) is 16.3 Å². The summed E-state index contributed by atoms with van der Waals surface area (Å²) in [5, 5.41) is 8.93. The average Bonchev–Trinajstić information content (AvgIpc) is 2.30. The second-order valence-corrected chi connectivity index (χ2v) is 4.21. The maximum Gasteiger partial charge on any atom is 0.407 e. The van der Waals surface area contributed by atoms with Crippen molar-refractivity contribution in [3.63, 3.8) is 0 Å². The number of carbonyl (C=O) groups is 1. The summed E-state index contributed by atoms with van der Waals surface area (Å²) < 4.78 is 0. The highest BCUT2D eigenvalue weighted by Crippen LogP contribution is 2.20. The van der Waals surface area contributed by atoms with Crippen molar-refractivity contribution in [1.29, 1.82) is 0 Å². The summed E-state index contributed by atoms with van der Waals surface area (Å²) in [7, 11) is 0. The Morgan fingerprint density at radius 1 is 1.53 bits per heavy atom. The summed E-state index contributed by atoms with van der Waals surface area (Å²) >= 11 is 0. The lowest BCUT2D eigenvalue weighted by atomic mass is 10.2. The van der Waals surface area contributed by atoms with Crippen LogP contribution in [0.15, 0.2) is 18.3 Å². The predicted molar refractivity (Wildman–Crippen MR) is 65.1 cm³/mol. The standard InChI is InChI=1S/C11H16N4O2/c1-8-7-14(11(16)17)4-5-15(8)9-2-3-10(12)13-6-9/h2-3,6,8H,4-5,7H2,1H3,(H2,12,13)(H,16,17)/t8-/m0/s1. The first-order chi connectivity index (χ1) is 8.08. The number of rotatable bonds is 1. The van der Waals surface area contributed by atoms with E-state index >= 15 is 0 Å². The van der Waals surface area contributed by atoms with E-state index in [1.165, 1.54) is 4.90 Å². The molecule has 92 valence electrons. The van der Waals surface area contributed by atoms with Crippen LogP contribution in [-0.4, -0.2) is 46.8 Å². The minimum Gasteiger partial charge on any atom is -0.465 e. The number of hydrogen-bond donors (Lipinski definition) is 2. The van der Waals surface area contributed by atoms with Crippen LogP contribution < -0.4 is 10.6 Å². The molecule has 1 aliphatic heterocycles. The van der Waals surface area contributed by atoms with Crippen LogP contribution >= 0.6 is 0 Å². The van der Waals surface area contributed by atoms with Crippen molar-refractivity contribution in [2.75, 3.05) is 30.3 Å². The number of pyridine rings is 1. The van der Waals surface area contributed by atoms with Crippen LogP contribution in [0.2, 0.25) is 0 Å². The zero-order valence-electron chi connectivity index (χ0n) is 9.71. The van der Waals surface area contributed by atoms with Gasteiger partial charge < -0.3 is 20.6 Å². The van der Waals surface area contributed by atoms with E-state index in [0.29, 0.717) is 25.5 Å². The number of piperazine rings is 1. The molecule has 1 aliphatic rings. The molecular formula is C11H16N4O2. The number of hydrogen-bond acceptors (Lipinski definition) is 4. The van der Waals surface area contributed by atoms with Crippen molar-refractivity contribution in [3.8, 4) is 0 Å². The molecule has 3 N–H and O–H groups in total. The Morgan fingerprint density at radius 3 is 2.82 bits per heavy atom. The molecule has 0 unspecified atom stereocenters. The monoisotopic (exact) mass is 236 g/mol. The molecule has 1 amide bonds. The molecular weight excluding hydrogens is 220 g/mol. The van der Waals surface area contributed by atoms with Gasteiger partial charge in [-0.1, -0.05) is 0 Å². The van der Waals surface area contributed by atoms with Crippen LogP contribution in [0.5, 0.6) is 0 Å². The van der Waals surface area contributed by atoms with Crippen LogP contribution in [-0.2, 0) is 0 Å². The topological polar surface area (TPSA) is 82.7 Å². The molecule has 0 radical (unpaired) electrons. The number of anilines is 2. The van der Waals surface area contributed by atoms with E-state index in [-0.39, 0.29) is 6.04 Å². The Balaban J connectivity index is 2.09. The molecule has 0 saturated carbocycles.